The topological polar surface area (TPSA) is 49.6 Å². The van der Waals surface area contributed by atoms with Crippen LogP contribution >= 0.6 is 0 Å². The molecule has 0 saturated heterocycles. The van der Waals surface area contributed by atoms with Crippen molar-refractivity contribution in [3.05, 3.63) is 120 Å². The normalized spacial score (nSPS) is 32.2. The summed E-state index contributed by atoms with van der Waals surface area (Å²) < 4.78 is 0. The molecule has 0 atom stereocenters. The van der Waals surface area contributed by atoms with Gasteiger partial charge in [0.25, 0.3) is 0 Å². The molecule has 0 aliphatic heterocycles. The molecular formula is C49H47N3. The Labute approximate surface area is 308 Å². The molecule has 5 aromatic rings. The minimum Gasteiger partial charge on any atom is -0.228 e. The number of aromatic nitrogens is 2. The molecule has 1 aromatic heterocycles. The molecular weight excluding hydrogens is 631 g/mol. The van der Waals surface area contributed by atoms with E-state index in [1.165, 1.54) is 82.6 Å². The molecule has 3 nitrogen and oxygen atoms in total. The molecule has 0 N–H and O–H groups in total. The van der Waals surface area contributed by atoms with Gasteiger partial charge >= 0.3 is 0 Å². The van der Waals surface area contributed by atoms with E-state index in [1.807, 2.05) is 18.2 Å². The highest BCUT2D eigenvalue weighted by Gasteiger charge is 2.53. The minimum absolute atomic E-state index is 0.222. The fraction of sp³-hybridized carbons (Fsp3) is 0.408. The molecule has 0 spiro atoms. The molecule has 4 aromatic carbocycles. The maximum atomic E-state index is 9.80. The zero-order chi connectivity index (χ0) is 34.4. The van der Waals surface area contributed by atoms with E-state index >= 15 is 0 Å². The lowest BCUT2D eigenvalue weighted by atomic mass is 9.48. The van der Waals surface area contributed by atoms with E-state index < -0.39 is 0 Å². The maximum absolute atomic E-state index is 9.80. The van der Waals surface area contributed by atoms with Crippen LogP contribution in [-0.4, -0.2) is 9.97 Å². The van der Waals surface area contributed by atoms with Crippen molar-refractivity contribution in [2.75, 3.05) is 0 Å². The van der Waals surface area contributed by atoms with Crippen LogP contribution in [0.5, 0.6) is 0 Å². The second kappa shape index (κ2) is 11.7. The van der Waals surface area contributed by atoms with Gasteiger partial charge in [0.15, 0.2) is 5.82 Å². The van der Waals surface area contributed by atoms with Crippen molar-refractivity contribution in [3.63, 3.8) is 0 Å². The molecule has 0 radical (unpaired) electrons. The Morgan fingerprint density at radius 3 is 1.50 bits per heavy atom. The Bertz CT molecular complexity index is 2150. The molecule has 52 heavy (non-hydrogen) atoms. The predicted octanol–water partition coefficient (Wildman–Crippen LogP) is 12.0. The van der Waals surface area contributed by atoms with E-state index in [9.17, 15) is 5.26 Å². The van der Waals surface area contributed by atoms with Gasteiger partial charge in [0.05, 0.1) is 23.0 Å². The molecule has 1 heterocycles. The molecule has 0 amide bonds. The molecule has 8 fully saturated rings. The highest BCUT2D eigenvalue weighted by Crippen LogP contribution is 2.62. The summed E-state index contributed by atoms with van der Waals surface area (Å²) in [5.74, 6) is 6.15. The van der Waals surface area contributed by atoms with E-state index in [4.69, 9.17) is 9.97 Å². The van der Waals surface area contributed by atoms with Gasteiger partial charge in [0.1, 0.15) is 0 Å². The first kappa shape index (κ1) is 31.0. The van der Waals surface area contributed by atoms with E-state index in [0.29, 0.717) is 11.0 Å². The van der Waals surface area contributed by atoms with E-state index in [1.54, 1.807) is 5.56 Å². The summed E-state index contributed by atoms with van der Waals surface area (Å²) in [5.41, 5.74) is 11.9. The SMILES string of the molecule is N#Cc1cccc(-c2cc(-c3nc(-c4ccccc4)cc(-c4ccc(C56C[C@H]7C[C@@H](C5)C[C@@H](C6)C7)cc4)n3)cc(C34C[C@H]5C[C@H](C3)C[C@@H](C4)C5)c2)c1. The Morgan fingerprint density at radius 1 is 0.442 bits per heavy atom. The molecule has 8 bridgehead atoms. The van der Waals surface area contributed by atoms with Crippen LogP contribution in [-0.2, 0) is 10.8 Å². The summed E-state index contributed by atoms with van der Waals surface area (Å²) >= 11 is 0. The third-order valence-electron chi connectivity index (χ3n) is 14.8. The summed E-state index contributed by atoms with van der Waals surface area (Å²) in [4.78, 5) is 10.8. The van der Waals surface area contributed by atoms with E-state index in [-0.39, 0.29) is 5.41 Å². The van der Waals surface area contributed by atoms with Gasteiger partial charge in [0, 0.05) is 16.7 Å². The molecule has 258 valence electrons. The van der Waals surface area contributed by atoms with Gasteiger partial charge in [-0.05, 0) is 176 Å². The van der Waals surface area contributed by atoms with Crippen LogP contribution in [0.1, 0.15) is 93.7 Å². The molecule has 8 saturated carbocycles. The van der Waals surface area contributed by atoms with Crippen LogP contribution in [0.2, 0.25) is 0 Å². The second-order valence-electron chi connectivity index (χ2n) is 18.3. The third kappa shape index (κ3) is 5.20. The summed E-state index contributed by atoms with van der Waals surface area (Å²) in [6, 6.07) is 40.1. The van der Waals surface area contributed by atoms with Crippen molar-refractivity contribution in [2.24, 2.45) is 35.5 Å². The smallest absolute Gasteiger partial charge is 0.160 e. The number of benzene rings is 4. The zero-order valence-electron chi connectivity index (χ0n) is 30.1. The lowest BCUT2D eigenvalue weighted by molar-refractivity contribution is -0.00529. The van der Waals surface area contributed by atoms with Crippen LogP contribution in [0.25, 0.3) is 45.0 Å². The standard InChI is InChI=1S/C49H47N3/c50-30-31-5-4-8-40(19-31)41-20-42(22-44(21-41)49-27-35-16-36(28-49)18-37(17-35)29-49)47-51-45(38-6-2-1-3-7-38)23-46(52-47)39-9-11-43(12-10-39)48-24-32-13-33(25-48)15-34(14-32)26-48/h1-12,19-23,32-37H,13-18,24-29H2/t32-,33+,34-,35-,36-,37-,48?,49?. The summed E-state index contributed by atoms with van der Waals surface area (Å²) in [7, 11) is 0. The van der Waals surface area contributed by atoms with Gasteiger partial charge in [-0.2, -0.15) is 5.26 Å². The van der Waals surface area contributed by atoms with Crippen LogP contribution in [0, 0.1) is 46.8 Å². The van der Waals surface area contributed by atoms with Crippen LogP contribution in [0.3, 0.4) is 0 Å². The molecule has 0 unspecified atom stereocenters. The number of hydrogen-bond donors (Lipinski definition) is 0. The fourth-order valence-corrected chi connectivity index (χ4v) is 13.4. The lowest BCUT2D eigenvalue weighted by Gasteiger charge is -2.57. The maximum Gasteiger partial charge on any atom is 0.160 e. The first-order valence-corrected chi connectivity index (χ1v) is 20.2. The third-order valence-corrected chi connectivity index (χ3v) is 14.8. The number of nitrogens with zero attached hydrogens (tertiary/aromatic N) is 3. The fourth-order valence-electron chi connectivity index (χ4n) is 13.4. The van der Waals surface area contributed by atoms with Gasteiger partial charge in [-0.3, -0.25) is 0 Å². The first-order valence-electron chi connectivity index (χ1n) is 20.2. The second-order valence-corrected chi connectivity index (χ2v) is 18.3. The average molecular weight is 678 g/mol. The van der Waals surface area contributed by atoms with Crippen molar-refractivity contribution in [1.29, 1.82) is 5.26 Å². The zero-order valence-corrected chi connectivity index (χ0v) is 30.1. The average Bonchev–Trinajstić information content (AvgIpc) is 3.17. The van der Waals surface area contributed by atoms with Gasteiger partial charge in [0.2, 0.25) is 0 Å². The van der Waals surface area contributed by atoms with Crippen molar-refractivity contribution in [3.8, 4) is 51.1 Å². The van der Waals surface area contributed by atoms with Gasteiger partial charge in [-0.1, -0.05) is 72.8 Å². The molecule has 8 aliphatic rings. The monoisotopic (exact) mass is 677 g/mol. The largest absolute Gasteiger partial charge is 0.228 e. The number of rotatable bonds is 6. The van der Waals surface area contributed by atoms with Crippen molar-refractivity contribution in [1.82, 2.24) is 9.97 Å². The van der Waals surface area contributed by atoms with Crippen molar-refractivity contribution < 1.29 is 0 Å². The summed E-state index contributed by atoms with van der Waals surface area (Å²) in [5, 5.41) is 9.80. The van der Waals surface area contributed by atoms with Gasteiger partial charge in [-0.15, -0.1) is 0 Å². The Hall–Kier alpha value is -4.55. The number of hydrogen-bond acceptors (Lipinski definition) is 3. The summed E-state index contributed by atoms with van der Waals surface area (Å²) in [6.45, 7) is 0. The molecule has 13 rings (SSSR count). The first-order chi connectivity index (χ1) is 25.5. The highest BCUT2D eigenvalue weighted by molar-refractivity contribution is 5.76. The lowest BCUT2D eigenvalue weighted by Crippen LogP contribution is -2.48. The van der Waals surface area contributed by atoms with Gasteiger partial charge in [-0.25, -0.2) is 9.97 Å². The molecule has 8 aliphatic carbocycles. The Morgan fingerprint density at radius 2 is 0.942 bits per heavy atom. The summed E-state index contributed by atoms with van der Waals surface area (Å²) in [6.07, 6.45) is 16.7. The van der Waals surface area contributed by atoms with E-state index in [0.717, 1.165) is 80.5 Å². The Balaban J connectivity index is 1.04. The molecule has 3 heteroatoms. The van der Waals surface area contributed by atoms with Crippen LogP contribution in [0.4, 0.5) is 0 Å². The van der Waals surface area contributed by atoms with Gasteiger partial charge < -0.3 is 0 Å². The van der Waals surface area contributed by atoms with Crippen LogP contribution < -0.4 is 0 Å². The minimum atomic E-state index is 0.222. The van der Waals surface area contributed by atoms with Crippen molar-refractivity contribution >= 4 is 0 Å². The van der Waals surface area contributed by atoms with E-state index in [2.05, 4.69) is 91.0 Å². The van der Waals surface area contributed by atoms with Crippen LogP contribution in [0.15, 0.2) is 103 Å². The van der Waals surface area contributed by atoms with Crippen molar-refractivity contribution in [2.45, 2.75) is 87.9 Å². The predicted molar refractivity (Wildman–Crippen MR) is 208 cm³/mol. The Kier molecular flexibility index (Phi) is 7.00. The highest BCUT2D eigenvalue weighted by atomic mass is 14.9. The quantitative estimate of drug-likeness (QED) is 0.180. The number of nitriles is 1.